The SMILES string of the molecule is CC(C)(C)OC(=O)N(Cc1cc(N=Nc2ccccc2C(=O)O)ccc1O)C(=O)O. The fourth-order valence-electron chi connectivity index (χ4n) is 2.31. The number of hydrogen-bond donors (Lipinski definition) is 3. The minimum absolute atomic E-state index is 0.0396. The molecule has 0 unspecified atom stereocenters. The Balaban J connectivity index is 2.29. The van der Waals surface area contributed by atoms with Crippen LogP contribution in [0.5, 0.6) is 5.75 Å². The van der Waals surface area contributed by atoms with Gasteiger partial charge in [0, 0.05) is 5.56 Å². The number of ether oxygens (including phenoxy) is 1. The average Bonchev–Trinajstić information content (AvgIpc) is 2.64. The average molecular weight is 415 g/mol. The Morgan fingerprint density at radius 2 is 1.70 bits per heavy atom. The van der Waals surface area contributed by atoms with Gasteiger partial charge in [0.1, 0.15) is 17.0 Å². The number of carboxylic acids is 1. The number of carbonyl (C=O) groups excluding carboxylic acids is 1. The molecule has 10 heteroatoms. The summed E-state index contributed by atoms with van der Waals surface area (Å²) in [4.78, 5) is 35.3. The molecule has 0 spiro atoms. The number of carboxylic acid groups (broad SMARTS) is 2. The van der Waals surface area contributed by atoms with E-state index < -0.39 is 30.3 Å². The molecule has 0 atom stereocenters. The number of hydrogen-bond acceptors (Lipinski definition) is 7. The van der Waals surface area contributed by atoms with Gasteiger partial charge in [0.2, 0.25) is 0 Å². The Morgan fingerprint density at radius 3 is 2.30 bits per heavy atom. The van der Waals surface area contributed by atoms with Crippen LogP contribution in [-0.4, -0.2) is 44.0 Å². The van der Waals surface area contributed by atoms with Crippen molar-refractivity contribution in [3.8, 4) is 5.75 Å². The van der Waals surface area contributed by atoms with Gasteiger partial charge in [-0.05, 0) is 51.1 Å². The molecule has 30 heavy (non-hydrogen) atoms. The number of aromatic hydroxyl groups is 1. The summed E-state index contributed by atoms with van der Waals surface area (Å²) < 4.78 is 5.07. The van der Waals surface area contributed by atoms with E-state index in [2.05, 4.69) is 10.2 Å². The normalized spacial score (nSPS) is 11.3. The summed E-state index contributed by atoms with van der Waals surface area (Å²) in [5.74, 6) is -1.42. The van der Waals surface area contributed by atoms with Crippen LogP contribution < -0.4 is 0 Å². The van der Waals surface area contributed by atoms with Gasteiger partial charge in [0.05, 0.1) is 17.8 Å². The van der Waals surface area contributed by atoms with Crippen LogP contribution in [0.4, 0.5) is 21.0 Å². The van der Waals surface area contributed by atoms with E-state index in [-0.39, 0.29) is 28.3 Å². The van der Waals surface area contributed by atoms with Crippen molar-refractivity contribution >= 4 is 29.5 Å². The van der Waals surface area contributed by atoms with Gasteiger partial charge in [0.25, 0.3) is 0 Å². The molecule has 10 nitrogen and oxygen atoms in total. The van der Waals surface area contributed by atoms with E-state index in [4.69, 9.17) is 4.74 Å². The van der Waals surface area contributed by atoms with Crippen LogP contribution in [0.15, 0.2) is 52.7 Å². The number of amides is 2. The minimum atomic E-state index is -1.55. The Kier molecular flexibility index (Phi) is 6.73. The summed E-state index contributed by atoms with van der Waals surface area (Å²) in [5.41, 5.74) is -0.507. The number of phenolic OH excluding ortho intramolecular Hbond substituents is 1. The summed E-state index contributed by atoms with van der Waals surface area (Å²) in [6.07, 6.45) is -2.64. The predicted molar refractivity (Wildman–Crippen MR) is 105 cm³/mol. The molecule has 0 aliphatic heterocycles. The highest BCUT2D eigenvalue weighted by molar-refractivity contribution is 5.93. The third kappa shape index (κ3) is 6.03. The Hall–Kier alpha value is -3.95. The molecule has 0 bridgehead atoms. The van der Waals surface area contributed by atoms with Gasteiger partial charge in [-0.1, -0.05) is 12.1 Å². The number of rotatable bonds is 5. The van der Waals surface area contributed by atoms with Crippen LogP contribution >= 0.6 is 0 Å². The molecule has 0 saturated carbocycles. The fraction of sp³-hybridized carbons (Fsp3) is 0.250. The van der Waals surface area contributed by atoms with E-state index in [0.717, 1.165) is 0 Å². The van der Waals surface area contributed by atoms with Gasteiger partial charge >= 0.3 is 18.2 Å². The van der Waals surface area contributed by atoms with Gasteiger partial charge in [0.15, 0.2) is 0 Å². The minimum Gasteiger partial charge on any atom is -0.508 e. The molecule has 0 aliphatic carbocycles. The molecule has 0 fully saturated rings. The lowest BCUT2D eigenvalue weighted by Gasteiger charge is -2.24. The largest absolute Gasteiger partial charge is 0.508 e. The second-order valence-corrected chi connectivity index (χ2v) is 7.18. The number of imide groups is 1. The molecule has 3 N–H and O–H groups in total. The van der Waals surface area contributed by atoms with Gasteiger partial charge < -0.3 is 20.1 Å². The Bertz CT molecular complexity index is 996. The quantitative estimate of drug-likeness (QED) is 0.587. The smallest absolute Gasteiger partial charge is 0.420 e. The molecular weight excluding hydrogens is 394 g/mol. The highest BCUT2D eigenvalue weighted by atomic mass is 16.6. The predicted octanol–water partition coefficient (Wildman–Crippen LogP) is 4.92. The molecule has 0 aliphatic rings. The number of benzene rings is 2. The topological polar surface area (TPSA) is 149 Å². The first-order valence-electron chi connectivity index (χ1n) is 8.77. The Morgan fingerprint density at radius 1 is 1.03 bits per heavy atom. The maximum absolute atomic E-state index is 12.2. The molecule has 0 aromatic heterocycles. The van der Waals surface area contributed by atoms with Crippen molar-refractivity contribution in [3.63, 3.8) is 0 Å². The van der Waals surface area contributed by atoms with E-state index >= 15 is 0 Å². The van der Waals surface area contributed by atoms with Gasteiger partial charge in [-0.2, -0.15) is 5.11 Å². The standard InChI is InChI=1S/C20H21N3O7/c1-20(2,3)30-19(29)23(18(27)28)11-12-10-13(8-9-16(12)24)21-22-15-7-5-4-6-14(15)17(25)26/h4-10,24H,11H2,1-3H3,(H,25,26)(H,27,28). The highest BCUT2D eigenvalue weighted by Crippen LogP contribution is 2.28. The van der Waals surface area contributed by atoms with Crippen molar-refractivity contribution in [3.05, 3.63) is 53.6 Å². The van der Waals surface area contributed by atoms with Crippen LogP contribution in [0.2, 0.25) is 0 Å². The van der Waals surface area contributed by atoms with Gasteiger partial charge in [-0.3, -0.25) is 0 Å². The number of azo groups is 1. The van der Waals surface area contributed by atoms with E-state index in [1.807, 2.05) is 0 Å². The molecule has 2 aromatic carbocycles. The molecule has 2 rings (SSSR count). The van der Waals surface area contributed by atoms with Crippen molar-refractivity contribution in [2.45, 2.75) is 32.9 Å². The second kappa shape index (κ2) is 9.03. The zero-order valence-electron chi connectivity index (χ0n) is 16.6. The maximum atomic E-state index is 12.2. The van der Waals surface area contributed by atoms with Crippen LogP contribution in [0.1, 0.15) is 36.7 Å². The summed E-state index contributed by atoms with van der Waals surface area (Å²) in [5, 5.41) is 36.4. The molecule has 0 heterocycles. The number of nitrogens with zero attached hydrogens (tertiary/aromatic N) is 3. The van der Waals surface area contributed by atoms with Crippen molar-refractivity contribution in [2.75, 3.05) is 0 Å². The van der Waals surface area contributed by atoms with E-state index in [1.165, 1.54) is 30.3 Å². The lowest BCUT2D eigenvalue weighted by atomic mass is 10.1. The third-order valence-electron chi connectivity index (χ3n) is 3.64. The van der Waals surface area contributed by atoms with Crippen LogP contribution in [0, 0.1) is 0 Å². The first kappa shape index (κ1) is 22.3. The van der Waals surface area contributed by atoms with E-state index in [0.29, 0.717) is 4.90 Å². The van der Waals surface area contributed by atoms with Crippen molar-refractivity contribution in [2.24, 2.45) is 10.2 Å². The zero-order valence-corrected chi connectivity index (χ0v) is 16.6. The first-order valence-corrected chi connectivity index (χ1v) is 8.77. The van der Waals surface area contributed by atoms with Crippen LogP contribution in [0.25, 0.3) is 0 Å². The highest BCUT2D eigenvalue weighted by Gasteiger charge is 2.28. The molecule has 2 amide bonds. The maximum Gasteiger partial charge on any atom is 0.420 e. The van der Waals surface area contributed by atoms with Crippen molar-refractivity contribution in [1.29, 1.82) is 0 Å². The van der Waals surface area contributed by atoms with Crippen molar-refractivity contribution in [1.82, 2.24) is 4.90 Å². The number of phenols is 1. The molecule has 158 valence electrons. The van der Waals surface area contributed by atoms with Gasteiger partial charge in [-0.15, -0.1) is 5.11 Å². The van der Waals surface area contributed by atoms with Gasteiger partial charge in [-0.25, -0.2) is 19.3 Å². The van der Waals surface area contributed by atoms with Crippen molar-refractivity contribution < 1.29 is 34.4 Å². The second-order valence-electron chi connectivity index (χ2n) is 7.18. The molecule has 0 saturated heterocycles. The number of aromatic carboxylic acids is 1. The summed E-state index contributed by atoms with van der Waals surface area (Å²) >= 11 is 0. The lowest BCUT2D eigenvalue weighted by Crippen LogP contribution is -2.39. The Labute approximate surface area is 172 Å². The van der Waals surface area contributed by atoms with E-state index in [1.54, 1.807) is 32.9 Å². The molecule has 0 radical (unpaired) electrons. The molecule has 2 aromatic rings. The monoisotopic (exact) mass is 415 g/mol. The zero-order chi connectivity index (χ0) is 22.5. The third-order valence-corrected chi connectivity index (χ3v) is 3.64. The lowest BCUT2D eigenvalue weighted by molar-refractivity contribution is 0.0254. The summed E-state index contributed by atoms with van der Waals surface area (Å²) in [6, 6.07) is 10.0. The summed E-state index contributed by atoms with van der Waals surface area (Å²) in [6.45, 7) is 4.31. The van der Waals surface area contributed by atoms with Crippen LogP contribution in [0.3, 0.4) is 0 Å². The fourth-order valence-corrected chi connectivity index (χ4v) is 2.31. The first-order chi connectivity index (χ1) is 14.0. The van der Waals surface area contributed by atoms with Crippen LogP contribution in [-0.2, 0) is 11.3 Å². The van der Waals surface area contributed by atoms with E-state index in [9.17, 15) is 29.7 Å². The molecular formula is C20H21N3O7. The number of carbonyl (C=O) groups is 3. The summed E-state index contributed by atoms with van der Waals surface area (Å²) in [7, 11) is 0.